The van der Waals surface area contributed by atoms with Crippen LogP contribution in [-0.2, 0) is 0 Å². The molecule has 1 N–H and O–H groups in total. The van der Waals surface area contributed by atoms with E-state index in [2.05, 4.69) is 6.07 Å². The molecule has 2 rings (SSSR count). The Hall–Kier alpha value is -1.02. The van der Waals surface area contributed by atoms with Crippen molar-refractivity contribution in [2.75, 3.05) is 6.61 Å². The van der Waals surface area contributed by atoms with Gasteiger partial charge in [0.05, 0.1) is 12.7 Å². The first-order valence-corrected chi connectivity index (χ1v) is 6.22. The van der Waals surface area contributed by atoms with Gasteiger partial charge in [0, 0.05) is 5.92 Å². The van der Waals surface area contributed by atoms with Crippen molar-refractivity contribution >= 4 is 0 Å². The molecule has 1 aliphatic rings. The Balaban J connectivity index is 2.23. The van der Waals surface area contributed by atoms with E-state index >= 15 is 0 Å². The Labute approximate surface area is 97.3 Å². The molecule has 2 nitrogen and oxygen atoms in total. The van der Waals surface area contributed by atoms with Crippen molar-refractivity contribution < 1.29 is 9.84 Å². The molecule has 2 atom stereocenters. The molecule has 0 amide bonds. The van der Waals surface area contributed by atoms with Crippen LogP contribution >= 0.6 is 0 Å². The maximum atomic E-state index is 10.1. The molecule has 0 heterocycles. The number of aliphatic hydroxyl groups excluding tert-OH is 1. The van der Waals surface area contributed by atoms with Gasteiger partial charge in [-0.1, -0.05) is 31.0 Å². The number of benzene rings is 1. The maximum absolute atomic E-state index is 10.1. The van der Waals surface area contributed by atoms with Gasteiger partial charge in [-0.2, -0.15) is 0 Å². The van der Waals surface area contributed by atoms with Crippen molar-refractivity contribution in [1.82, 2.24) is 0 Å². The number of ether oxygens (including phenoxy) is 1. The molecule has 1 aromatic rings. The number of hydrogen-bond donors (Lipinski definition) is 1. The predicted molar refractivity (Wildman–Crippen MR) is 64.8 cm³/mol. The van der Waals surface area contributed by atoms with Crippen LogP contribution in [-0.4, -0.2) is 17.8 Å². The van der Waals surface area contributed by atoms with Crippen LogP contribution in [0.1, 0.15) is 44.1 Å². The van der Waals surface area contributed by atoms with E-state index in [0.717, 1.165) is 25.0 Å². The van der Waals surface area contributed by atoms with E-state index in [1.165, 1.54) is 12.0 Å². The van der Waals surface area contributed by atoms with Gasteiger partial charge in [0.1, 0.15) is 5.75 Å². The molecule has 0 aliphatic heterocycles. The van der Waals surface area contributed by atoms with Crippen molar-refractivity contribution in [3.63, 3.8) is 0 Å². The lowest BCUT2D eigenvalue weighted by Crippen LogP contribution is -2.23. The molecule has 0 bridgehead atoms. The number of hydrogen-bond acceptors (Lipinski definition) is 2. The van der Waals surface area contributed by atoms with Gasteiger partial charge in [-0.15, -0.1) is 0 Å². The smallest absolute Gasteiger partial charge is 0.122 e. The normalized spacial score (nSPS) is 25.4. The predicted octanol–water partition coefficient (Wildman–Crippen LogP) is 3.10. The lowest BCUT2D eigenvalue weighted by atomic mass is 9.81. The van der Waals surface area contributed by atoms with Gasteiger partial charge in [0.2, 0.25) is 0 Å². The van der Waals surface area contributed by atoms with Gasteiger partial charge in [-0.05, 0) is 31.4 Å². The number of aliphatic hydroxyl groups is 1. The summed E-state index contributed by atoms with van der Waals surface area (Å²) >= 11 is 0. The van der Waals surface area contributed by atoms with Crippen LogP contribution in [0.3, 0.4) is 0 Å². The summed E-state index contributed by atoms with van der Waals surface area (Å²) in [6.07, 6.45) is 4.16. The minimum Gasteiger partial charge on any atom is -0.494 e. The van der Waals surface area contributed by atoms with Crippen LogP contribution < -0.4 is 4.74 Å². The Morgan fingerprint density at radius 1 is 1.25 bits per heavy atom. The molecule has 2 heteroatoms. The molecule has 0 spiro atoms. The third-order valence-corrected chi connectivity index (χ3v) is 3.35. The van der Waals surface area contributed by atoms with Crippen molar-refractivity contribution in [2.45, 2.75) is 44.6 Å². The minimum absolute atomic E-state index is 0.199. The summed E-state index contributed by atoms with van der Waals surface area (Å²) in [5.74, 6) is 1.20. The number of para-hydroxylation sites is 1. The first-order chi connectivity index (χ1) is 7.83. The highest BCUT2D eigenvalue weighted by Gasteiger charge is 2.26. The first-order valence-electron chi connectivity index (χ1n) is 6.22. The number of rotatable bonds is 3. The summed E-state index contributed by atoms with van der Waals surface area (Å²) in [6.45, 7) is 2.67. The second kappa shape index (κ2) is 5.35. The van der Waals surface area contributed by atoms with Gasteiger partial charge < -0.3 is 9.84 Å². The lowest BCUT2D eigenvalue weighted by molar-refractivity contribution is 0.104. The van der Waals surface area contributed by atoms with Crippen LogP contribution in [0, 0.1) is 0 Å². The quantitative estimate of drug-likeness (QED) is 0.848. The molecular formula is C14H20O2. The minimum atomic E-state index is -0.199. The average molecular weight is 220 g/mol. The molecule has 1 aromatic carbocycles. The maximum Gasteiger partial charge on any atom is 0.122 e. The van der Waals surface area contributed by atoms with Crippen LogP contribution in [0.2, 0.25) is 0 Å². The first kappa shape index (κ1) is 11.5. The highest BCUT2D eigenvalue weighted by Crippen LogP contribution is 2.37. The van der Waals surface area contributed by atoms with Gasteiger partial charge >= 0.3 is 0 Å². The zero-order chi connectivity index (χ0) is 11.4. The second-order valence-electron chi connectivity index (χ2n) is 4.43. The van der Waals surface area contributed by atoms with E-state index in [4.69, 9.17) is 4.74 Å². The van der Waals surface area contributed by atoms with Crippen LogP contribution in [0.4, 0.5) is 0 Å². The molecule has 0 unspecified atom stereocenters. The lowest BCUT2D eigenvalue weighted by Gasteiger charge is -2.29. The van der Waals surface area contributed by atoms with Gasteiger partial charge in [-0.3, -0.25) is 0 Å². The average Bonchev–Trinajstić information content (AvgIpc) is 2.31. The SMILES string of the molecule is CCOc1ccccc1[C@@H]1CCCC[C@H]1O. The van der Waals surface area contributed by atoms with E-state index in [0.29, 0.717) is 6.61 Å². The fraction of sp³-hybridized carbons (Fsp3) is 0.571. The van der Waals surface area contributed by atoms with Crippen molar-refractivity contribution in [3.8, 4) is 5.75 Å². The van der Waals surface area contributed by atoms with Crippen LogP contribution in [0.5, 0.6) is 5.75 Å². The van der Waals surface area contributed by atoms with E-state index in [9.17, 15) is 5.11 Å². The summed E-state index contributed by atoms with van der Waals surface area (Å²) in [4.78, 5) is 0. The third-order valence-electron chi connectivity index (χ3n) is 3.35. The van der Waals surface area contributed by atoms with Crippen molar-refractivity contribution in [3.05, 3.63) is 29.8 Å². The fourth-order valence-corrected chi connectivity index (χ4v) is 2.55. The monoisotopic (exact) mass is 220 g/mol. The molecule has 0 saturated heterocycles. The summed E-state index contributed by atoms with van der Waals surface area (Å²) < 4.78 is 5.63. The molecule has 1 aliphatic carbocycles. The van der Waals surface area contributed by atoms with E-state index < -0.39 is 0 Å². The van der Waals surface area contributed by atoms with E-state index in [1.54, 1.807) is 0 Å². The van der Waals surface area contributed by atoms with Gasteiger partial charge in [-0.25, -0.2) is 0 Å². The van der Waals surface area contributed by atoms with E-state index in [-0.39, 0.29) is 12.0 Å². The van der Waals surface area contributed by atoms with Crippen LogP contribution in [0.25, 0.3) is 0 Å². The fourth-order valence-electron chi connectivity index (χ4n) is 2.55. The largest absolute Gasteiger partial charge is 0.494 e. The van der Waals surface area contributed by atoms with Crippen molar-refractivity contribution in [2.24, 2.45) is 0 Å². The van der Waals surface area contributed by atoms with Crippen molar-refractivity contribution in [1.29, 1.82) is 0 Å². The summed E-state index contributed by atoms with van der Waals surface area (Å²) in [5, 5.41) is 10.1. The Morgan fingerprint density at radius 2 is 2.00 bits per heavy atom. The molecule has 0 radical (unpaired) electrons. The summed E-state index contributed by atoms with van der Waals surface area (Å²) in [7, 11) is 0. The Kier molecular flexibility index (Phi) is 3.83. The Bertz CT molecular complexity index is 335. The highest BCUT2D eigenvalue weighted by atomic mass is 16.5. The molecule has 1 fully saturated rings. The zero-order valence-electron chi connectivity index (χ0n) is 9.86. The summed E-state index contributed by atoms with van der Waals surface area (Å²) in [5.41, 5.74) is 1.18. The summed E-state index contributed by atoms with van der Waals surface area (Å²) in [6, 6.07) is 8.10. The third kappa shape index (κ3) is 2.38. The van der Waals surface area contributed by atoms with Crippen LogP contribution in [0.15, 0.2) is 24.3 Å². The molecule has 1 saturated carbocycles. The molecule has 16 heavy (non-hydrogen) atoms. The zero-order valence-corrected chi connectivity index (χ0v) is 9.86. The van der Waals surface area contributed by atoms with Gasteiger partial charge in [0.25, 0.3) is 0 Å². The topological polar surface area (TPSA) is 29.5 Å². The molecule has 88 valence electrons. The Morgan fingerprint density at radius 3 is 2.75 bits per heavy atom. The van der Waals surface area contributed by atoms with Gasteiger partial charge in [0.15, 0.2) is 0 Å². The highest BCUT2D eigenvalue weighted by molar-refractivity contribution is 5.37. The molecular weight excluding hydrogens is 200 g/mol. The molecule has 0 aromatic heterocycles. The standard InChI is InChI=1S/C14H20O2/c1-2-16-14-10-6-4-8-12(14)11-7-3-5-9-13(11)15/h4,6,8,10-11,13,15H,2-3,5,7,9H2,1H3/t11-,13+/m0/s1. The van der Waals surface area contributed by atoms with E-state index in [1.807, 2.05) is 25.1 Å². The second-order valence-corrected chi connectivity index (χ2v) is 4.43.